The van der Waals surface area contributed by atoms with Crippen molar-refractivity contribution < 1.29 is 29.9 Å². The van der Waals surface area contributed by atoms with Crippen LogP contribution in [0.2, 0.25) is 0 Å². The molecule has 0 aliphatic carbocycles. The summed E-state index contributed by atoms with van der Waals surface area (Å²) < 4.78 is 9.85. The highest BCUT2D eigenvalue weighted by Gasteiger charge is 2.42. The Bertz CT molecular complexity index is 185. The summed E-state index contributed by atoms with van der Waals surface area (Å²) >= 11 is 0. The van der Waals surface area contributed by atoms with E-state index in [9.17, 15) is 15.3 Å². The molecule has 6 nitrogen and oxygen atoms in total. The smallest absolute Gasteiger partial charge is 0.189 e. The van der Waals surface area contributed by atoms with Crippen LogP contribution < -0.4 is 0 Å². The standard InChI is InChI=1S/C8H16O6/c1-3-5(10)6(11)7(12)8(13-3)14-4(2)9/h3-12H,1-2H3. The van der Waals surface area contributed by atoms with Crippen molar-refractivity contribution >= 4 is 0 Å². The Balaban J connectivity index is 2.60. The maximum atomic E-state index is 9.40. The fourth-order valence-electron chi connectivity index (χ4n) is 1.32. The predicted octanol–water partition coefficient (Wildman–Crippen LogP) is -1.83. The lowest BCUT2D eigenvalue weighted by Crippen LogP contribution is -2.57. The van der Waals surface area contributed by atoms with Gasteiger partial charge in [0.05, 0.1) is 6.10 Å². The summed E-state index contributed by atoms with van der Waals surface area (Å²) in [5.74, 6) is 0. The molecule has 84 valence electrons. The second-order valence-corrected chi connectivity index (χ2v) is 3.42. The van der Waals surface area contributed by atoms with Gasteiger partial charge in [-0.1, -0.05) is 0 Å². The van der Waals surface area contributed by atoms with Gasteiger partial charge in [0.2, 0.25) is 0 Å². The minimum absolute atomic E-state index is 0.655. The minimum atomic E-state index is -1.36. The first-order chi connectivity index (χ1) is 6.43. The Hall–Kier alpha value is -0.240. The summed E-state index contributed by atoms with van der Waals surface area (Å²) in [4.78, 5) is 0. The monoisotopic (exact) mass is 208 g/mol. The number of aliphatic hydroxyl groups is 4. The van der Waals surface area contributed by atoms with E-state index in [1.54, 1.807) is 0 Å². The van der Waals surface area contributed by atoms with E-state index in [0.717, 1.165) is 0 Å². The summed E-state index contributed by atoms with van der Waals surface area (Å²) in [7, 11) is 0. The van der Waals surface area contributed by atoms with Crippen molar-refractivity contribution in [2.24, 2.45) is 0 Å². The van der Waals surface area contributed by atoms with Gasteiger partial charge in [-0.3, -0.25) is 0 Å². The number of rotatable bonds is 2. The van der Waals surface area contributed by atoms with Gasteiger partial charge >= 0.3 is 0 Å². The molecule has 6 atom stereocenters. The van der Waals surface area contributed by atoms with Crippen molar-refractivity contribution in [3.63, 3.8) is 0 Å². The number of ether oxygens (including phenoxy) is 2. The van der Waals surface area contributed by atoms with Crippen LogP contribution in [0.5, 0.6) is 0 Å². The summed E-state index contributed by atoms with van der Waals surface area (Å²) in [5.41, 5.74) is 0. The molecule has 1 aliphatic heterocycles. The number of aliphatic hydroxyl groups excluding tert-OH is 4. The van der Waals surface area contributed by atoms with Crippen LogP contribution in [0.15, 0.2) is 0 Å². The molecule has 0 radical (unpaired) electrons. The molecule has 1 heterocycles. The summed E-state index contributed by atoms with van der Waals surface area (Å²) in [5, 5.41) is 37.0. The normalized spacial score (nSPS) is 46.3. The average Bonchev–Trinajstić information content (AvgIpc) is 2.10. The Kier molecular flexibility index (Phi) is 3.82. The molecule has 6 unspecified atom stereocenters. The Labute approximate surface area is 81.7 Å². The molecule has 1 fully saturated rings. The van der Waals surface area contributed by atoms with E-state index in [0.29, 0.717) is 0 Å². The lowest BCUT2D eigenvalue weighted by molar-refractivity contribution is -0.322. The van der Waals surface area contributed by atoms with Gasteiger partial charge in [-0.2, -0.15) is 0 Å². The third kappa shape index (κ3) is 2.41. The van der Waals surface area contributed by atoms with Gasteiger partial charge in [0, 0.05) is 0 Å². The second-order valence-electron chi connectivity index (χ2n) is 3.42. The molecule has 0 amide bonds. The van der Waals surface area contributed by atoms with E-state index < -0.39 is 37.0 Å². The molecule has 0 spiro atoms. The van der Waals surface area contributed by atoms with Crippen molar-refractivity contribution in [2.75, 3.05) is 0 Å². The molecule has 0 aromatic rings. The van der Waals surface area contributed by atoms with Crippen LogP contribution in [0.1, 0.15) is 13.8 Å². The molecular formula is C8H16O6. The number of hydrogen-bond acceptors (Lipinski definition) is 6. The van der Waals surface area contributed by atoms with Gasteiger partial charge in [-0.25, -0.2) is 0 Å². The zero-order chi connectivity index (χ0) is 10.9. The van der Waals surface area contributed by atoms with Gasteiger partial charge in [0.25, 0.3) is 0 Å². The molecule has 14 heavy (non-hydrogen) atoms. The van der Waals surface area contributed by atoms with Gasteiger partial charge in [-0.05, 0) is 13.8 Å². The lowest BCUT2D eigenvalue weighted by atomic mass is 10.0. The summed E-state index contributed by atoms with van der Waals surface area (Å²) in [6, 6.07) is 0. The highest BCUT2D eigenvalue weighted by atomic mass is 16.7. The predicted molar refractivity (Wildman–Crippen MR) is 45.1 cm³/mol. The van der Waals surface area contributed by atoms with Crippen molar-refractivity contribution in [1.29, 1.82) is 0 Å². The third-order valence-electron chi connectivity index (χ3n) is 2.14. The van der Waals surface area contributed by atoms with Crippen molar-refractivity contribution in [3.8, 4) is 0 Å². The van der Waals surface area contributed by atoms with Gasteiger partial charge in [0.15, 0.2) is 12.6 Å². The summed E-state index contributed by atoms with van der Waals surface area (Å²) in [6.45, 7) is 2.90. The lowest BCUT2D eigenvalue weighted by Gasteiger charge is -2.39. The fourth-order valence-corrected chi connectivity index (χ4v) is 1.32. The Morgan fingerprint density at radius 2 is 1.71 bits per heavy atom. The van der Waals surface area contributed by atoms with Crippen LogP contribution in [-0.4, -0.2) is 57.4 Å². The third-order valence-corrected chi connectivity index (χ3v) is 2.14. The average molecular weight is 208 g/mol. The van der Waals surface area contributed by atoms with E-state index >= 15 is 0 Å². The van der Waals surface area contributed by atoms with Crippen LogP contribution in [0.25, 0.3) is 0 Å². The zero-order valence-electron chi connectivity index (χ0n) is 8.07. The van der Waals surface area contributed by atoms with E-state index in [1.807, 2.05) is 0 Å². The molecule has 0 bridgehead atoms. The first-order valence-corrected chi connectivity index (χ1v) is 4.46. The largest absolute Gasteiger partial charge is 0.388 e. The van der Waals surface area contributed by atoms with E-state index in [-0.39, 0.29) is 0 Å². The van der Waals surface area contributed by atoms with Crippen LogP contribution in [-0.2, 0) is 9.47 Å². The molecule has 1 rings (SSSR count). The SMILES string of the molecule is CC(O)OC1OC(C)C(O)C(O)C1O. The highest BCUT2D eigenvalue weighted by Crippen LogP contribution is 2.22. The van der Waals surface area contributed by atoms with Gasteiger partial charge in [0.1, 0.15) is 18.3 Å². The first-order valence-electron chi connectivity index (χ1n) is 4.46. The van der Waals surface area contributed by atoms with Crippen molar-refractivity contribution in [3.05, 3.63) is 0 Å². The van der Waals surface area contributed by atoms with E-state index in [2.05, 4.69) is 0 Å². The molecular weight excluding hydrogens is 192 g/mol. The maximum absolute atomic E-state index is 9.40. The molecule has 0 saturated carbocycles. The zero-order valence-corrected chi connectivity index (χ0v) is 8.07. The van der Waals surface area contributed by atoms with Crippen LogP contribution in [0.4, 0.5) is 0 Å². The topological polar surface area (TPSA) is 99.4 Å². The van der Waals surface area contributed by atoms with Crippen LogP contribution in [0, 0.1) is 0 Å². The Morgan fingerprint density at radius 3 is 2.21 bits per heavy atom. The van der Waals surface area contributed by atoms with Gasteiger partial charge in [-0.15, -0.1) is 0 Å². The molecule has 0 aromatic heterocycles. The minimum Gasteiger partial charge on any atom is -0.388 e. The van der Waals surface area contributed by atoms with E-state index in [4.69, 9.17) is 14.6 Å². The Morgan fingerprint density at radius 1 is 1.14 bits per heavy atom. The quantitative estimate of drug-likeness (QED) is 0.398. The molecule has 1 aliphatic rings. The molecule has 6 heteroatoms. The van der Waals surface area contributed by atoms with E-state index in [1.165, 1.54) is 13.8 Å². The first kappa shape index (κ1) is 11.8. The molecule has 1 saturated heterocycles. The maximum Gasteiger partial charge on any atom is 0.189 e. The van der Waals surface area contributed by atoms with Crippen molar-refractivity contribution in [1.82, 2.24) is 0 Å². The van der Waals surface area contributed by atoms with Crippen LogP contribution in [0.3, 0.4) is 0 Å². The van der Waals surface area contributed by atoms with Crippen molar-refractivity contribution in [2.45, 2.75) is 50.8 Å². The molecule has 0 aromatic carbocycles. The highest BCUT2D eigenvalue weighted by molar-refractivity contribution is 4.87. The van der Waals surface area contributed by atoms with Gasteiger partial charge < -0.3 is 29.9 Å². The molecule has 4 N–H and O–H groups in total. The second kappa shape index (κ2) is 4.52. The fraction of sp³-hybridized carbons (Fsp3) is 1.00. The summed E-state index contributed by atoms with van der Waals surface area (Å²) in [6.07, 6.45) is -6.73. The number of hydrogen-bond donors (Lipinski definition) is 4. The van der Waals surface area contributed by atoms with Crippen LogP contribution >= 0.6 is 0 Å².